The van der Waals surface area contributed by atoms with Gasteiger partial charge in [0.2, 0.25) is 0 Å². The normalized spacial score (nSPS) is 13.3. The van der Waals surface area contributed by atoms with E-state index in [1.807, 2.05) is 6.92 Å². The van der Waals surface area contributed by atoms with Crippen molar-refractivity contribution >= 4 is 32.2 Å². The van der Waals surface area contributed by atoms with Gasteiger partial charge in [-0.1, -0.05) is 29.3 Å². The molecule has 0 aliphatic carbocycles. The van der Waals surface area contributed by atoms with Crippen molar-refractivity contribution in [1.29, 1.82) is 0 Å². The number of amides is 1. The summed E-state index contributed by atoms with van der Waals surface area (Å²) >= 11 is 3.30. The summed E-state index contributed by atoms with van der Waals surface area (Å²) in [5, 5.41) is 0. The molecule has 0 fully saturated rings. The van der Waals surface area contributed by atoms with Gasteiger partial charge in [-0.05, 0) is 6.42 Å². The molecule has 0 aromatic rings. The fourth-order valence-corrected chi connectivity index (χ4v) is 2.43. The van der Waals surface area contributed by atoms with E-state index in [-0.39, 0.29) is 11.4 Å². The summed E-state index contributed by atoms with van der Waals surface area (Å²) in [5.41, 5.74) is 0. The van der Waals surface area contributed by atoms with Crippen molar-refractivity contribution in [2.75, 3.05) is 13.7 Å². The number of hydrogen-bond acceptors (Lipinski definition) is 4. The molecular formula is C7H15BrN2O4S. The standard InChI is InChI=1S/C7H15BrN2O4S/c1-3-4-6(8)5-9-15(12,13)10-7(11)14-2/h6,9H,3-5H2,1-2H3,(H,10,11). The number of nitrogens with one attached hydrogen (secondary N) is 2. The van der Waals surface area contributed by atoms with E-state index in [9.17, 15) is 13.2 Å². The van der Waals surface area contributed by atoms with Gasteiger partial charge in [0.05, 0.1) is 7.11 Å². The van der Waals surface area contributed by atoms with Crippen LogP contribution in [0.3, 0.4) is 0 Å². The van der Waals surface area contributed by atoms with Gasteiger partial charge in [0.1, 0.15) is 0 Å². The van der Waals surface area contributed by atoms with E-state index < -0.39 is 16.3 Å². The molecule has 1 unspecified atom stereocenters. The summed E-state index contributed by atoms with van der Waals surface area (Å²) in [6.45, 7) is 2.22. The smallest absolute Gasteiger partial charge is 0.421 e. The van der Waals surface area contributed by atoms with Gasteiger partial charge in [0.15, 0.2) is 0 Å². The zero-order chi connectivity index (χ0) is 11.9. The molecule has 1 atom stereocenters. The average molecular weight is 303 g/mol. The number of rotatable bonds is 6. The van der Waals surface area contributed by atoms with Crippen molar-refractivity contribution < 1.29 is 17.9 Å². The van der Waals surface area contributed by atoms with Gasteiger partial charge in [-0.3, -0.25) is 0 Å². The molecule has 0 bridgehead atoms. The molecule has 90 valence electrons. The van der Waals surface area contributed by atoms with Crippen LogP contribution in [0.15, 0.2) is 0 Å². The summed E-state index contributed by atoms with van der Waals surface area (Å²) in [5.74, 6) is 0. The predicted molar refractivity (Wildman–Crippen MR) is 60.1 cm³/mol. The molecule has 0 aliphatic heterocycles. The Morgan fingerprint density at radius 2 is 2.13 bits per heavy atom. The van der Waals surface area contributed by atoms with Crippen LogP contribution < -0.4 is 9.44 Å². The van der Waals surface area contributed by atoms with Crippen molar-refractivity contribution in [2.24, 2.45) is 0 Å². The van der Waals surface area contributed by atoms with Crippen LogP contribution in [0.25, 0.3) is 0 Å². The average Bonchev–Trinajstić information content (AvgIpc) is 2.15. The van der Waals surface area contributed by atoms with Crippen molar-refractivity contribution in [2.45, 2.75) is 24.6 Å². The molecule has 0 saturated carbocycles. The third-order valence-electron chi connectivity index (χ3n) is 1.50. The number of hydrogen-bond donors (Lipinski definition) is 2. The Morgan fingerprint density at radius 1 is 1.53 bits per heavy atom. The van der Waals surface area contributed by atoms with Gasteiger partial charge in [0.25, 0.3) is 0 Å². The zero-order valence-electron chi connectivity index (χ0n) is 8.62. The first kappa shape index (κ1) is 14.7. The quantitative estimate of drug-likeness (QED) is 0.709. The second-order valence-corrected chi connectivity index (χ2v) is 5.63. The fraction of sp³-hybridized carbons (Fsp3) is 0.857. The van der Waals surface area contributed by atoms with E-state index in [1.54, 1.807) is 4.72 Å². The summed E-state index contributed by atoms with van der Waals surface area (Å²) < 4.78 is 30.4. The number of halogens is 1. The van der Waals surface area contributed by atoms with Gasteiger partial charge in [-0.15, -0.1) is 0 Å². The summed E-state index contributed by atoms with van der Waals surface area (Å²) in [6.07, 6.45) is 0.784. The monoisotopic (exact) mass is 302 g/mol. The van der Waals surface area contributed by atoms with Crippen LogP contribution >= 0.6 is 15.9 Å². The first-order valence-corrected chi connectivity index (χ1v) is 6.80. The molecule has 15 heavy (non-hydrogen) atoms. The van der Waals surface area contributed by atoms with Gasteiger partial charge < -0.3 is 4.74 Å². The van der Waals surface area contributed by atoms with E-state index in [0.29, 0.717) is 0 Å². The molecule has 0 heterocycles. The molecule has 0 aromatic heterocycles. The Labute approximate surface area is 98.1 Å². The van der Waals surface area contributed by atoms with Crippen molar-refractivity contribution in [3.05, 3.63) is 0 Å². The lowest BCUT2D eigenvalue weighted by Crippen LogP contribution is -2.42. The van der Waals surface area contributed by atoms with Gasteiger partial charge in [0, 0.05) is 11.4 Å². The minimum absolute atomic E-state index is 0.0525. The van der Waals surface area contributed by atoms with Crippen LogP contribution in [0, 0.1) is 0 Å². The van der Waals surface area contributed by atoms with Crippen LogP contribution in [0.4, 0.5) is 4.79 Å². The molecule has 1 amide bonds. The minimum Gasteiger partial charge on any atom is -0.452 e. The maximum atomic E-state index is 11.2. The third kappa shape index (κ3) is 7.57. The Balaban J connectivity index is 3.99. The molecule has 0 radical (unpaired) electrons. The van der Waals surface area contributed by atoms with E-state index in [0.717, 1.165) is 20.0 Å². The summed E-state index contributed by atoms with van der Waals surface area (Å²) in [6, 6.07) is 0. The number of carbonyl (C=O) groups excluding carboxylic acids is 1. The fourth-order valence-electron chi connectivity index (χ4n) is 0.803. The van der Waals surface area contributed by atoms with Crippen molar-refractivity contribution in [3.63, 3.8) is 0 Å². The largest absolute Gasteiger partial charge is 0.452 e. The maximum absolute atomic E-state index is 11.2. The lowest BCUT2D eigenvalue weighted by Gasteiger charge is -2.10. The zero-order valence-corrected chi connectivity index (χ0v) is 11.0. The third-order valence-corrected chi connectivity index (χ3v) is 3.26. The topological polar surface area (TPSA) is 84.5 Å². The second-order valence-electron chi connectivity index (χ2n) is 2.83. The molecule has 8 heteroatoms. The number of methoxy groups -OCH3 is 1. The molecule has 0 aliphatic rings. The first-order chi connectivity index (χ1) is 6.91. The van der Waals surface area contributed by atoms with E-state index in [2.05, 4.69) is 25.4 Å². The van der Waals surface area contributed by atoms with Gasteiger partial charge in [-0.2, -0.15) is 13.1 Å². The Morgan fingerprint density at radius 3 is 2.60 bits per heavy atom. The molecule has 2 N–H and O–H groups in total. The molecule has 0 rings (SSSR count). The molecule has 0 saturated heterocycles. The first-order valence-electron chi connectivity index (χ1n) is 4.40. The highest BCUT2D eigenvalue weighted by molar-refractivity contribution is 9.09. The van der Waals surface area contributed by atoms with Crippen LogP contribution in [-0.4, -0.2) is 33.0 Å². The van der Waals surface area contributed by atoms with Crippen LogP contribution in [0.5, 0.6) is 0 Å². The van der Waals surface area contributed by atoms with Crippen molar-refractivity contribution in [1.82, 2.24) is 9.44 Å². The van der Waals surface area contributed by atoms with E-state index in [4.69, 9.17) is 0 Å². The Bertz CT molecular complexity index is 293. The highest BCUT2D eigenvalue weighted by Gasteiger charge is 2.15. The molecule has 0 aromatic carbocycles. The van der Waals surface area contributed by atoms with Gasteiger partial charge >= 0.3 is 16.3 Å². The molecule has 0 spiro atoms. The number of carbonyl (C=O) groups is 1. The highest BCUT2D eigenvalue weighted by Crippen LogP contribution is 2.06. The number of alkyl halides is 1. The minimum atomic E-state index is -3.81. The summed E-state index contributed by atoms with van der Waals surface area (Å²) in [7, 11) is -2.72. The highest BCUT2D eigenvalue weighted by atomic mass is 79.9. The molecular weight excluding hydrogens is 288 g/mol. The predicted octanol–water partition coefficient (Wildman–Crippen LogP) is 0.740. The lowest BCUT2D eigenvalue weighted by atomic mass is 10.2. The Kier molecular flexibility index (Phi) is 6.86. The van der Waals surface area contributed by atoms with Crippen LogP contribution in [0.1, 0.15) is 19.8 Å². The lowest BCUT2D eigenvalue weighted by molar-refractivity contribution is 0.177. The second kappa shape index (κ2) is 7.02. The SMILES string of the molecule is CCCC(Br)CNS(=O)(=O)NC(=O)OC. The van der Waals surface area contributed by atoms with E-state index in [1.165, 1.54) is 0 Å². The number of ether oxygens (including phenoxy) is 1. The van der Waals surface area contributed by atoms with E-state index >= 15 is 0 Å². The summed E-state index contributed by atoms with van der Waals surface area (Å²) in [4.78, 5) is 10.7. The van der Waals surface area contributed by atoms with Crippen LogP contribution in [0.2, 0.25) is 0 Å². The van der Waals surface area contributed by atoms with Crippen LogP contribution in [-0.2, 0) is 14.9 Å². The van der Waals surface area contributed by atoms with Gasteiger partial charge in [-0.25, -0.2) is 9.52 Å². The Hall–Kier alpha value is -0.340. The van der Waals surface area contributed by atoms with Crippen molar-refractivity contribution in [3.8, 4) is 0 Å². The molecule has 6 nitrogen and oxygen atoms in total. The maximum Gasteiger partial charge on any atom is 0.421 e.